The maximum Gasteiger partial charge on any atom is 0.326 e. The fourth-order valence-corrected chi connectivity index (χ4v) is 1.79. The first-order valence-corrected chi connectivity index (χ1v) is 6.40. The number of anilines is 1. The Morgan fingerprint density at radius 3 is 2.68 bits per heavy atom. The molecule has 0 aromatic heterocycles. The SMILES string of the molecule is Cc1ccc(Br)cc1NC(=O)NC(CCO)C(=O)O. The minimum absolute atomic E-state index is 0.0414. The van der Waals surface area contributed by atoms with Crippen LogP contribution in [0.3, 0.4) is 0 Å². The molecule has 1 aromatic carbocycles. The summed E-state index contributed by atoms with van der Waals surface area (Å²) in [5.74, 6) is -1.19. The van der Waals surface area contributed by atoms with Crippen LogP contribution >= 0.6 is 15.9 Å². The normalized spacial score (nSPS) is 11.7. The molecule has 6 nitrogen and oxygen atoms in total. The summed E-state index contributed by atoms with van der Waals surface area (Å²) in [6.45, 7) is 1.51. The van der Waals surface area contributed by atoms with Gasteiger partial charge < -0.3 is 20.8 Å². The van der Waals surface area contributed by atoms with Gasteiger partial charge in [-0.2, -0.15) is 0 Å². The van der Waals surface area contributed by atoms with Gasteiger partial charge >= 0.3 is 12.0 Å². The molecule has 0 bridgehead atoms. The van der Waals surface area contributed by atoms with E-state index in [1.165, 1.54) is 0 Å². The highest BCUT2D eigenvalue weighted by Gasteiger charge is 2.19. The van der Waals surface area contributed by atoms with Crippen molar-refractivity contribution in [2.45, 2.75) is 19.4 Å². The molecule has 104 valence electrons. The van der Waals surface area contributed by atoms with Crippen molar-refractivity contribution >= 4 is 33.6 Å². The number of aliphatic hydroxyl groups excluding tert-OH is 1. The van der Waals surface area contributed by atoms with E-state index < -0.39 is 18.0 Å². The van der Waals surface area contributed by atoms with E-state index in [1.807, 2.05) is 19.1 Å². The second-order valence-corrected chi connectivity index (χ2v) is 4.88. The van der Waals surface area contributed by atoms with Crippen molar-refractivity contribution in [1.82, 2.24) is 5.32 Å². The van der Waals surface area contributed by atoms with Crippen LogP contribution in [0.4, 0.5) is 10.5 Å². The highest BCUT2D eigenvalue weighted by molar-refractivity contribution is 9.10. The van der Waals surface area contributed by atoms with E-state index in [0.717, 1.165) is 10.0 Å². The first-order chi connectivity index (χ1) is 8.93. The van der Waals surface area contributed by atoms with Crippen molar-refractivity contribution in [2.24, 2.45) is 0 Å². The summed E-state index contributed by atoms with van der Waals surface area (Å²) in [5, 5.41) is 22.4. The highest BCUT2D eigenvalue weighted by Crippen LogP contribution is 2.20. The molecule has 1 unspecified atom stereocenters. The Morgan fingerprint density at radius 1 is 1.42 bits per heavy atom. The third-order valence-corrected chi connectivity index (χ3v) is 2.96. The van der Waals surface area contributed by atoms with Gasteiger partial charge in [0, 0.05) is 23.2 Å². The molecule has 1 rings (SSSR count). The van der Waals surface area contributed by atoms with Crippen LogP contribution in [0.1, 0.15) is 12.0 Å². The molecule has 0 aliphatic heterocycles. The number of carbonyl (C=O) groups is 2. The van der Waals surface area contributed by atoms with Crippen LogP contribution in [-0.2, 0) is 4.79 Å². The van der Waals surface area contributed by atoms with Crippen LogP contribution < -0.4 is 10.6 Å². The fraction of sp³-hybridized carbons (Fsp3) is 0.333. The Labute approximate surface area is 118 Å². The molecule has 0 saturated carbocycles. The Bertz CT molecular complexity index is 479. The first-order valence-electron chi connectivity index (χ1n) is 5.61. The number of carboxylic acids is 1. The maximum absolute atomic E-state index is 11.7. The lowest BCUT2D eigenvalue weighted by Gasteiger charge is -2.15. The van der Waals surface area contributed by atoms with Crippen molar-refractivity contribution in [3.05, 3.63) is 28.2 Å². The number of aliphatic hydroxyl groups is 1. The van der Waals surface area contributed by atoms with Gasteiger partial charge in [-0.3, -0.25) is 0 Å². The monoisotopic (exact) mass is 330 g/mol. The zero-order valence-electron chi connectivity index (χ0n) is 10.3. The molecular formula is C12H15BrN2O4. The summed E-state index contributed by atoms with van der Waals surface area (Å²) in [6, 6.07) is 3.64. The molecule has 0 radical (unpaired) electrons. The van der Waals surface area contributed by atoms with Gasteiger partial charge in [0.15, 0.2) is 0 Å². The maximum atomic E-state index is 11.7. The Kier molecular flexibility index (Phi) is 5.78. The number of benzene rings is 1. The Hall–Kier alpha value is -1.60. The van der Waals surface area contributed by atoms with Gasteiger partial charge in [-0.1, -0.05) is 22.0 Å². The summed E-state index contributed by atoms with van der Waals surface area (Å²) in [7, 11) is 0. The third kappa shape index (κ3) is 4.88. The average molecular weight is 331 g/mol. The largest absolute Gasteiger partial charge is 0.480 e. The van der Waals surface area contributed by atoms with E-state index in [-0.39, 0.29) is 13.0 Å². The lowest BCUT2D eigenvalue weighted by atomic mass is 10.2. The summed E-state index contributed by atoms with van der Waals surface area (Å²) in [4.78, 5) is 22.5. The van der Waals surface area contributed by atoms with Crippen LogP contribution in [0.2, 0.25) is 0 Å². The van der Waals surface area contributed by atoms with E-state index in [1.54, 1.807) is 6.07 Å². The van der Waals surface area contributed by atoms with E-state index in [2.05, 4.69) is 26.6 Å². The molecule has 1 atom stereocenters. The van der Waals surface area contributed by atoms with Gasteiger partial charge in [-0.15, -0.1) is 0 Å². The Balaban J connectivity index is 2.68. The number of hydrogen-bond acceptors (Lipinski definition) is 3. The van der Waals surface area contributed by atoms with E-state index in [4.69, 9.17) is 10.2 Å². The predicted molar refractivity (Wildman–Crippen MR) is 74.2 cm³/mol. The van der Waals surface area contributed by atoms with Crippen LogP contribution in [0.25, 0.3) is 0 Å². The molecule has 0 heterocycles. The molecule has 0 aliphatic carbocycles. The second-order valence-electron chi connectivity index (χ2n) is 3.96. The van der Waals surface area contributed by atoms with Gasteiger partial charge in [0.1, 0.15) is 6.04 Å². The van der Waals surface area contributed by atoms with Crippen molar-refractivity contribution < 1.29 is 19.8 Å². The number of aliphatic carboxylic acids is 1. The lowest BCUT2D eigenvalue weighted by Crippen LogP contribution is -2.43. The molecule has 19 heavy (non-hydrogen) atoms. The number of halogens is 1. The fourth-order valence-electron chi connectivity index (χ4n) is 1.43. The number of rotatable bonds is 5. The number of hydrogen-bond donors (Lipinski definition) is 4. The first kappa shape index (κ1) is 15.5. The highest BCUT2D eigenvalue weighted by atomic mass is 79.9. The van der Waals surface area contributed by atoms with Crippen molar-refractivity contribution in [3.63, 3.8) is 0 Å². The standard InChI is InChI=1S/C12H15BrN2O4/c1-7-2-3-8(13)6-10(7)15-12(19)14-9(4-5-16)11(17)18/h2-3,6,9,16H,4-5H2,1H3,(H,17,18)(H2,14,15,19). The molecule has 0 spiro atoms. The molecule has 0 aliphatic rings. The van der Waals surface area contributed by atoms with Crippen LogP contribution in [0.5, 0.6) is 0 Å². The lowest BCUT2D eigenvalue weighted by molar-refractivity contribution is -0.139. The molecule has 2 amide bonds. The number of carboxylic acid groups (broad SMARTS) is 1. The van der Waals surface area contributed by atoms with E-state index in [0.29, 0.717) is 5.69 Å². The Morgan fingerprint density at radius 2 is 2.11 bits per heavy atom. The van der Waals surface area contributed by atoms with Gasteiger partial charge in [0.2, 0.25) is 0 Å². The molecule has 4 N–H and O–H groups in total. The van der Waals surface area contributed by atoms with Crippen molar-refractivity contribution in [2.75, 3.05) is 11.9 Å². The smallest absolute Gasteiger partial charge is 0.326 e. The zero-order valence-corrected chi connectivity index (χ0v) is 11.9. The summed E-state index contributed by atoms with van der Waals surface area (Å²) in [6.07, 6.45) is -0.0414. The molecule has 0 saturated heterocycles. The topological polar surface area (TPSA) is 98.7 Å². The van der Waals surface area contributed by atoms with Crippen LogP contribution in [0.15, 0.2) is 22.7 Å². The number of carbonyl (C=O) groups excluding carboxylic acids is 1. The van der Waals surface area contributed by atoms with Gasteiger partial charge in [-0.05, 0) is 24.6 Å². The number of aryl methyl sites for hydroxylation is 1. The molecular weight excluding hydrogens is 316 g/mol. The number of nitrogens with one attached hydrogen (secondary N) is 2. The average Bonchev–Trinajstić information content (AvgIpc) is 2.33. The van der Waals surface area contributed by atoms with Crippen LogP contribution in [-0.4, -0.2) is 34.9 Å². The number of amides is 2. The van der Waals surface area contributed by atoms with Crippen molar-refractivity contribution in [1.29, 1.82) is 0 Å². The van der Waals surface area contributed by atoms with Gasteiger partial charge in [0.05, 0.1) is 0 Å². The quantitative estimate of drug-likeness (QED) is 0.660. The summed E-state index contributed by atoms with van der Waals surface area (Å²) < 4.78 is 0.804. The zero-order chi connectivity index (χ0) is 14.4. The second kappa shape index (κ2) is 7.10. The third-order valence-electron chi connectivity index (χ3n) is 2.47. The number of urea groups is 1. The molecule has 0 fully saturated rings. The molecule has 7 heteroatoms. The van der Waals surface area contributed by atoms with Crippen LogP contribution in [0, 0.1) is 6.92 Å². The molecule has 1 aromatic rings. The van der Waals surface area contributed by atoms with Crippen molar-refractivity contribution in [3.8, 4) is 0 Å². The minimum atomic E-state index is -1.19. The van der Waals surface area contributed by atoms with E-state index in [9.17, 15) is 9.59 Å². The van der Waals surface area contributed by atoms with Gasteiger partial charge in [0.25, 0.3) is 0 Å². The van der Waals surface area contributed by atoms with Gasteiger partial charge in [-0.25, -0.2) is 9.59 Å². The predicted octanol–water partition coefficient (Wildman–Crippen LogP) is 1.71. The van der Waals surface area contributed by atoms with E-state index >= 15 is 0 Å². The summed E-state index contributed by atoms with van der Waals surface area (Å²) in [5.41, 5.74) is 1.44. The minimum Gasteiger partial charge on any atom is -0.480 e. The summed E-state index contributed by atoms with van der Waals surface area (Å²) >= 11 is 3.29.